The third-order valence-electron chi connectivity index (χ3n) is 5.42. The molecule has 3 aromatic carbocycles. The highest BCUT2D eigenvalue weighted by atomic mass is 16.5. The smallest absolute Gasteiger partial charge is 0.479 e. The van der Waals surface area contributed by atoms with Gasteiger partial charge in [-0.25, -0.2) is 9.59 Å². The monoisotopic (exact) mass is 417 g/mol. The summed E-state index contributed by atoms with van der Waals surface area (Å²) in [5.41, 5.74) is 4.82. The van der Waals surface area contributed by atoms with Gasteiger partial charge in [0.1, 0.15) is 6.61 Å². The molecule has 1 amide bonds. The summed E-state index contributed by atoms with van der Waals surface area (Å²) in [6.07, 6.45) is -0.847. The van der Waals surface area contributed by atoms with Gasteiger partial charge in [-0.3, -0.25) is 0 Å². The number of hydrogen-bond donors (Lipinski definition) is 4. The first-order valence-corrected chi connectivity index (χ1v) is 9.76. The zero-order chi connectivity index (χ0) is 22.0. The molecule has 1 atom stereocenters. The molecule has 0 bridgehead atoms. The minimum Gasteiger partial charge on any atom is -0.479 e. The second kappa shape index (κ2) is 8.63. The van der Waals surface area contributed by atoms with Crippen LogP contribution in [0, 0.1) is 0 Å². The number of alkyl carbamates (subject to hydrolysis) is 1. The van der Waals surface area contributed by atoms with Crippen LogP contribution in [0.15, 0.2) is 72.8 Å². The van der Waals surface area contributed by atoms with E-state index < -0.39 is 25.2 Å². The Kier molecular flexibility index (Phi) is 5.75. The normalized spacial score (nSPS) is 13.1. The minimum atomic E-state index is -1.66. The molecule has 0 saturated carbocycles. The topological polar surface area (TPSA) is 116 Å². The quantitative estimate of drug-likeness (QED) is 0.456. The van der Waals surface area contributed by atoms with E-state index in [9.17, 15) is 24.7 Å². The van der Waals surface area contributed by atoms with Crippen molar-refractivity contribution in [2.75, 3.05) is 6.61 Å². The second-order valence-corrected chi connectivity index (χ2v) is 7.28. The average Bonchev–Trinajstić information content (AvgIpc) is 3.10. The van der Waals surface area contributed by atoms with Crippen LogP contribution in [0.1, 0.15) is 28.7 Å². The highest BCUT2D eigenvalue weighted by Crippen LogP contribution is 2.44. The van der Waals surface area contributed by atoms with Crippen LogP contribution in [-0.2, 0) is 9.53 Å². The number of fused-ring (bicyclic) bond motifs is 3. The van der Waals surface area contributed by atoms with Crippen molar-refractivity contribution < 1.29 is 29.5 Å². The van der Waals surface area contributed by atoms with Crippen LogP contribution < -0.4 is 10.8 Å². The molecule has 0 spiro atoms. The number of aliphatic carboxylic acids is 1. The highest BCUT2D eigenvalue weighted by molar-refractivity contribution is 6.58. The van der Waals surface area contributed by atoms with E-state index in [2.05, 4.69) is 5.32 Å². The number of carbonyl (C=O) groups is 2. The molecule has 31 heavy (non-hydrogen) atoms. The van der Waals surface area contributed by atoms with Crippen molar-refractivity contribution in [3.05, 3.63) is 89.5 Å². The van der Waals surface area contributed by atoms with Gasteiger partial charge in [0.15, 0.2) is 6.04 Å². The van der Waals surface area contributed by atoms with Crippen molar-refractivity contribution in [2.24, 2.45) is 0 Å². The molecule has 4 rings (SSSR count). The number of hydrogen-bond acceptors (Lipinski definition) is 5. The third-order valence-corrected chi connectivity index (χ3v) is 5.42. The van der Waals surface area contributed by atoms with E-state index in [1.807, 2.05) is 48.5 Å². The molecule has 0 radical (unpaired) electrons. The summed E-state index contributed by atoms with van der Waals surface area (Å²) in [6, 6.07) is 20.1. The van der Waals surface area contributed by atoms with Crippen LogP contribution >= 0.6 is 0 Å². The summed E-state index contributed by atoms with van der Waals surface area (Å²) in [7, 11) is -1.66. The summed E-state index contributed by atoms with van der Waals surface area (Å²) in [5, 5.41) is 30.2. The highest BCUT2D eigenvalue weighted by Gasteiger charge is 2.30. The van der Waals surface area contributed by atoms with Crippen LogP contribution in [0.2, 0.25) is 0 Å². The van der Waals surface area contributed by atoms with Gasteiger partial charge in [-0.15, -0.1) is 0 Å². The van der Waals surface area contributed by atoms with E-state index in [-0.39, 0.29) is 23.6 Å². The molecule has 4 N–H and O–H groups in total. The predicted octanol–water partition coefficient (Wildman–Crippen LogP) is 2.03. The maximum absolute atomic E-state index is 12.4. The maximum atomic E-state index is 12.4. The van der Waals surface area contributed by atoms with Gasteiger partial charge in [-0.1, -0.05) is 72.8 Å². The fourth-order valence-electron chi connectivity index (χ4n) is 3.91. The van der Waals surface area contributed by atoms with Crippen molar-refractivity contribution in [1.29, 1.82) is 0 Å². The predicted molar refractivity (Wildman–Crippen MR) is 115 cm³/mol. The number of amides is 1. The van der Waals surface area contributed by atoms with E-state index >= 15 is 0 Å². The number of carboxylic acid groups (broad SMARTS) is 1. The Hall–Kier alpha value is -3.62. The average molecular weight is 417 g/mol. The summed E-state index contributed by atoms with van der Waals surface area (Å²) in [5.74, 6) is -1.39. The Morgan fingerprint density at radius 1 is 0.903 bits per heavy atom. The van der Waals surface area contributed by atoms with Gasteiger partial charge in [-0.2, -0.15) is 0 Å². The largest absolute Gasteiger partial charge is 0.488 e. The Morgan fingerprint density at radius 2 is 1.45 bits per heavy atom. The first kappa shape index (κ1) is 20.6. The number of rotatable bonds is 6. The van der Waals surface area contributed by atoms with Crippen LogP contribution in [0.25, 0.3) is 11.1 Å². The fraction of sp³-hybridized carbons (Fsp3) is 0.130. The number of ether oxygens (including phenoxy) is 1. The van der Waals surface area contributed by atoms with E-state index in [4.69, 9.17) is 4.74 Å². The molecule has 8 heteroatoms. The zero-order valence-electron chi connectivity index (χ0n) is 16.4. The first-order valence-electron chi connectivity index (χ1n) is 9.76. The molecule has 0 saturated heterocycles. The van der Waals surface area contributed by atoms with Crippen LogP contribution in [0.4, 0.5) is 4.79 Å². The lowest BCUT2D eigenvalue weighted by Crippen LogP contribution is -2.35. The summed E-state index contributed by atoms with van der Waals surface area (Å²) >= 11 is 0. The summed E-state index contributed by atoms with van der Waals surface area (Å²) in [6.45, 7) is 0.0713. The van der Waals surface area contributed by atoms with Gasteiger partial charge in [0.2, 0.25) is 0 Å². The zero-order valence-corrected chi connectivity index (χ0v) is 16.4. The third kappa shape index (κ3) is 4.16. The molecule has 156 valence electrons. The van der Waals surface area contributed by atoms with Gasteiger partial charge in [0.05, 0.1) is 0 Å². The molecule has 3 aromatic rings. The Morgan fingerprint density at radius 3 is 1.97 bits per heavy atom. The first-order chi connectivity index (χ1) is 15.0. The number of carboxylic acids is 1. The molecule has 0 aromatic heterocycles. The maximum Gasteiger partial charge on any atom is 0.488 e. The van der Waals surface area contributed by atoms with Crippen molar-refractivity contribution in [2.45, 2.75) is 12.0 Å². The van der Waals surface area contributed by atoms with E-state index in [1.165, 1.54) is 24.3 Å². The van der Waals surface area contributed by atoms with Crippen molar-refractivity contribution >= 4 is 24.6 Å². The summed E-state index contributed by atoms with van der Waals surface area (Å²) in [4.78, 5) is 24.1. The molecule has 0 aliphatic heterocycles. The Labute approximate surface area is 179 Å². The van der Waals surface area contributed by atoms with Crippen molar-refractivity contribution in [3.8, 4) is 11.1 Å². The SMILES string of the molecule is O=C(N[C@H](C(=O)O)c1ccc(B(O)O)cc1)OCC1c2ccccc2-c2ccccc21. The van der Waals surface area contributed by atoms with Crippen LogP contribution in [0.3, 0.4) is 0 Å². The molecule has 0 heterocycles. The van der Waals surface area contributed by atoms with Gasteiger partial charge < -0.3 is 25.2 Å². The van der Waals surface area contributed by atoms with E-state index in [0.717, 1.165) is 22.3 Å². The lowest BCUT2D eigenvalue weighted by Gasteiger charge is -2.18. The second-order valence-electron chi connectivity index (χ2n) is 7.28. The number of nitrogens with one attached hydrogen (secondary N) is 1. The Bertz CT molecular complexity index is 1070. The lowest BCUT2D eigenvalue weighted by atomic mass is 9.80. The number of benzene rings is 3. The standard InChI is InChI=1S/C23H20BNO6/c26-22(27)21(14-9-11-15(12-10-14)24(29)30)25-23(28)31-13-20-18-7-3-1-5-16(18)17-6-2-4-8-19(17)20/h1-12,20-21,29-30H,13H2,(H,25,28)(H,26,27)/t21-/m0/s1. The van der Waals surface area contributed by atoms with Gasteiger partial charge in [0.25, 0.3) is 0 Å². The van der Waals surface area contributed by atoms with E-state index in [0.29, 0.717) is 0 Å². The molecule has 1 aliphatic carbocycles. The molecular weight excluding hydrogens is 397 g/mol. The lowest BCUT2D eigenvalue weighted by molar-refractivity contribution is -0.139. The number of carbonyl (C=O) groups excluding carboxylic acids is 1. The molecule has 1 aliphatic rings. The minimum absolute atomic E-state index is 0.0713. The van der Waals surface area contributed by atoms with Crippen molar-refractivity contribution in [3.63, 3.8) is 0 Å². The molecule has 7 nitrogen and oxygen atoms in total. The Balaban J connectivity index is 1.46. The fourth-order valence-corrected chi connectivity index (χ4v) is 3.91. The van der Waals surface area contributed by atoms with Crippen LogP contribution in [0.5, 0.6) is 0 Å². The van der Waals surface area contributed by atoms with Gasteiger partial charge in [-0.05, 0) is 33.3 Å². The van der Waals surface area contributed by atoms with Crippen LogP contribution in [-0.4, -0.2) is 40.9 Å². The molecule has 0 fully saturated rings. The molecule has 0 unspecified atom stereocenters. The molecular formula is C23H20BNO6. The van der Waals surface area contributed by atoms with E-state index in [1.54, 1.807) is 0 Å². The summed E-state index contributed by atoms with van der Waals surface area (Å²) < 4.78 is 5.41. The van der Waals surface area contributed by atoms with Crippen molar-refractivity contribution in [1.82, 2.24) is 5.32 Å². The van der Waals surface area contributed by atoms with Gasteiger partial charge >= 0.3 is 19.2 Å². The van der Waals surface area contributed by atoms with Gasteiger partial charge in [0, 0.05) is 5.92 Å².